The Morgan fingerprint density at radius 3 is 2.46 bits per heavy atom. The van der Waals surface area contributed by atoms with E-state index in [2.05, 4.69) is 47.5 Å². The first-order valence-electron chi connectivity index (χ1n) is 9.03. The van der Waals surface area contributed by atoms with Crippen LogP contribution in [0.15, 0.2) is 4.99 Å². The number of aliphatic imine (C=N–C) groups is 1. The number of piperazine rings is 1. The van der Waals surface area contributed by atoms with Gasteiger partial charge in [-0.15, -0.1) is 0 Å². The van der Waals surface area contributed by atoms with Crippen LogP contribution >= 0.6 is 11.8 Å². The van der Waals surface area contributed by atoms with E-state index in [1.54, 1.807) is 0 Å². The second kappa shape index (κ2) is 8.94. The van der Waals surface area contributed by atoms with E-state index >= 15 is 0 Å². The second-order valence-electron chi connectivity index (χ2n) is 7.24. The van der Waals surface area contributed by atoms with Crippen molar-refractivity contribution in [3.8, 4) is 0 Å². The van der Waals surface area contributed by atoms with Crippen molar-refractivity contribution in [3.05, 3.63) is 0 Å². The largest absolute Gasteiger partial charge is 0.357 e. The fourth-order valence-electron chi connectivity index (χ4n) is 2.58. The highest BCUT2D eigenvalue weighted by molar-refractivity contribution is 7.99. The Bertz CT molecular complexity index is 442. The first-order valence-corrected chi connectivity index (χ1v) is 10.3. The number of hydrogen-bond donors (Lipinski definition) is 2. The van der Waals surface area contributed by atoms with Crippen molar-refractivity contribution in [1.82, 2.24) is 20.4 Å². The number of rotatable bonds is 7. The molecule has 1 heterocycles. The Labute approximate surface area is 150 Å². The summed E-state index contributed by atoms with van der Waals surface area (Å²) in [6, 6.07) is 0.450. The Morgan fingerprint density at radius 1 is 1.25 bits per heavy atom. The summed E-state index contributed by atoms with van der Waals surface area (Å²) in [5.74, 6) is 1.18. The van der Waals surface area contributed by atoms with Crippen LogP contribution in [0.3, 0.4) is 0 Å². The summed E-state index contributed by atoms with van der Waals surface area (Å²) < 4.78 is 0.156. The molecule has 2 aliphatic rings. The first kappa shape index (κ1) is 19.4. The van der Waals surface area contributed by atoms with E-state index in [-0.39, 0.29) is 10.7 Å². The molecule has 1 saturated carbocycles. The van der Waals surface area contributed by atoms with Crippen molar-refractivity contribution in [2.45, 2.75) is 44.4 Å². The molecule has 1 aliphatic heterocycles. The molecule has 138 valence electrons. The Hall–Kier alpha value is -0.950. The summed E-state index contributed by atoms with van der Waals surface area (Å²) in [4.78, 5) is 21.3. The van der Waals surface area contributed by atoms with E-state index in [1.807, 2.05) is 11.8 Å². The quantitative estimate of drug-likeness (QED) is 0.527. The topological polar surface area (TPSA) is 60.0 Å². The number of nitrogens with one attached hydrogen (secondary N) is 2. The highest BCUT2D eigenvalue weighted by Gasteiger charge is 2.26. The number of carbonyl (C=O) groups is 1. The van der Waals surface area contributed by atoms with Gasteiger partial charge in [0.05, 0.1) is 13.1 Å². The van der Waals surface area contributed by atoms with Crippen LogP contribution < -0.4 is 10.6 Å². The van der Waals surface area contributed by atoms with E-state index in [1.165, 1.54) is 0 Å². The SMILES string of the molecule is CCNC(=NCC(C)(C)SC)N1CCN(CC(=O)NC2CC2)CC1. The van der Waals surface area contributed by atoms with Crippen molar-refractivity contribution in [3.63, 3.8) is 0 Å². The Balaban J connectivity index is 1.80. The van der Waals surface area contributed by atoms with Crippen molar-refractivity contribution in [2.24, 2.45) is 4.99 Å². The molecule has 7 heteroatoms. The third-order valence-electron chi connectivity index (χ3n) is 4.48. The lowest BCUT2D eigenvalue weighted by molar-refractivity contribution is -0.122. The molecule has 0 aromatic heterocycles. The van der Waals surface area contributed by atoms with E-state index in [0.717, 1.165) is 58.1 Å². The van der Waals surface area contributed by atoms with Crippen LogP contribution in [-0.4, -0.2) is 84.5 Å². The van der Waals surface area contributed by atoms with Gasteiger partial charge >= 0.3 is 0 Å². The van der Waals surface area contributed by atoms with Crippen molar-refractivity contribution in [2.75, 3.05) is 52.1 Å². The van der Waals surface area contributed by atoms with Crippen LogP contribution in [0, 0.1) is 0 Å². The first-order chi connectivity index (χ1) is 11.4. The summed E-state index contributed by atoms with van der Waals surface area (Å²) in [6.07, 6.45) is 4.43. The Kier molecular flexibility index (Phi) is 7.22. The van der Waals surface area contributed by atoms with Gasteiger partial charge in [0, 0.05) is 43.5 Å². The van der Waals surface area contributed by atoms with Crippen LogP contribution in [0.25, 0.3) is 0 Å². The molecule has 1 saturated heterocycles. The molecule has 1 aliphatic carbocycles. The zero-order valence-corrected chi connectivity index (χ0v) is 16.4. The van der Waals surface area contributed by atoms with Gasteiger partial charge in [-0.05, 0) is 39.9 Å². The Morgan fingerprint density at radius 2 is 1.92 bits per heavy atom. The second-order valence-corrected chi connectivity index (χ2v) is 8.75. The summed E-state index contributed by atoms with van der Waals surface area (Å²) in [7, 11) is 0. The molecule has 2 N–H and O–H groups in total. The zero-order chi connectivity index (χ0) is 17.6. The number of amides is 1. The van der Waals surface area contributed by atoms with Gasteiger partial charge in [-0.25, -0.2) is 0 Å². The lowest BCUT2D eigenvalue weighted by Gasteiger charge is -2.36. The maximum absolute atomic E-state index is 11.9. The van der Waals surface area contributed by atoms with E-state index in [9.17, 15) is 4.79 Å². The minimum absolute atomic E-state index is 0.156. The number of thioether (sulfide) groups is 1. The molecule has 2 rings (SSSR count). The van der Waals surface area contributed by atoms with Crippen LogP contribution in [0.2, 0.25) is 0 Å². The standard InChI is InChI=1S/C17H33N5OS/c1-5-18-16(19-13-17(2,3)24-4)22-10-8-21(9-11-22)12-15(23)20-14-6-7-14/h14H,5-13H2,1-4H3,(H,18,19)(H,20,23). The van der Waals surface area contributed by atoms with Gasteiger partial charge in [0.1, 0.15) is 0 Å². The molecule has 6 nitrogen and oxygen atoms in total. The van der Waals surface area contributed by atoms with Crippen LogP contribution in [0.4, 0.5) is 0 Å². The summed E-state index contributed by atoms with van der Waals surface area (Å²) >= 11 is 1.84. The van der Waals surface area contributed by atoms with Gasteiger partial charge in [-0.3, -0.25) is 14.7 Å². The molecule has 0 radical (unpaired) electrons. The van der Waals surface area contributed by atoms with Crippen LogP contribution in [0.5, 0.6) is 0 Å². The molecule has 0 unspecified atom stereocenters. The maximum atomic E-state index is 11.9. The molecule has 0 bridgehead atoms. The van der Waals surface area contributed by atoms with Gasteiger partial charge < -0.3 is 15.5 Å². The lowest BCUT2D eigenvalue weighted by atomic mass is 10.2. The molecule has 0 atom stereocenters. The number of carbonyl (C=O) groups excluding carboxylic acids is 1. The fraction of sp³-hybridized carbons (Fsp3) is 0.882. The minimum atomic E-state index is 0.156. The normalized spacial score (nSPS) is 20.2. The number of guanidine groups is 1. The minimum Gasteiger partial charge on any atom is -0.357 e. The third-order valence-corrected chi connectivity index (χ3v) is 5.71. The number of nitrogens with zero attached hydrogens (tertiary/aromatic N) is 3. The molecule has 0 aromatic rings. The highest BCUT2D eigenvalue weighted by atomic mass is 32.2. The van der Waals surface area contributed by atoms with Gasteiger partial charge in [0.15, 0.2) is 5.96 Å². The molecule has 2 fully saturated rings. The van der Waals surface area contributed by atoms with Crippen LogP contribution in [-0.2, 0) is 4.79 Å². The van der Waals surface area contributed by atoms with Gasteiger partial charge in [-0.1, -0.05) is 0 Å². The molecule has 0 aromatic carbocycles. The predicted octanol–water partition coefficient (Wildman–Crippen LogP) is 0.990. The number of hydrogen-bond acceptors (Lipinski definition) is 4. The zero-order valence-electron chi connectivity index (χ0n) is 15.6. The van der Waals surface area contributed by atoms with E-state index in [0.29, 0.717) is 12.6 Å². The monoisotopic (exact) mass is 355 g/mol. The van der Waals surface area contributed by atoms with Crippen molar-refractivity contribution >= 4 is 23.6 Å². The predicted molar refractivity (Wildman–Crippen MR) is 103 cm³/mol. The van der Waals surface area contributed by atoms with Crippen molar-refractivity contribution in [1.29, 1.82) is 0 Å². The molecule has 1 amide bonds. The summed E-state index contributed by atoms with van der Waals surface area (Å²) in [5.41, 5.74) is 0. The smallest absolute Gasteiger partial charge is 0.234 e. The molecule has 0 spiro atoms. The molecule has 24 heavy (non-hydrogen) atoms. The van der Waals surface area contributed by atoms with E-state index < -0.39 is 0 Å². The van der Waals surface area contributed by atoms with Crippen molar-refractivity contribution < 1.29 is 4.79 Å². The average Bonchev–Trinajstić information content (AvgIpc) is 3.36. The molecular weight excluding hydrogens is 322 g/mol. The summed E-state index contributed by atoms with van der Waals surface area (Å²) in [6.45, 7) is 12.4. The average molecular weight is 356 g/mol. The van der Waals surface area contributed by atoms with Gasteiger partial charge in [0.25, 0.3) is 0 Å². The van der Waals surface area contributed by atoms with E-state index in [4.69, 9.17) is 4.99 Å². The third kappa shape index (κ3) is 6.51. The highest BCUT2D eigenvalue weighted by Crippen LogP contribution is 2.21. The van der Waals surface area contributed by atoms with Crippen LogP contribution in [0.1, 0.15) is 33.6 Å². The van der Waals surface area contributed by atoms with Gasteiger partial charge in [-0.2, -0.15) is 11.8 Å². The van der Waals surface area contributed by atoms with Gasteiger partial charge in [0.2, 0.25) is 5.91 Å². The lowest BCUT2D eigenvalue weighted by Crippen LogP contribution is -2.54. The summed E-state index contributed by atoms with van der Waals surface area (Å²) in [5, 5.41) is 6.47. The molecular formula is C17H33N5OS. The fourth-order valence-corrected chi connectivity index (χ4v) is 2.77. The maximum Gasteiger partial charge on any atom is 0.234 e.